The molecule has 0 aliphatic rings. The van der Waals surface area contributed by atoms with Crippen molar-refractivity contribution in [3.05, 3.63) is 41.6 Å². The van der Waals surface area contributed by atoms with Crippen LogP contribution >= 0.6 is 11.8 Å². The van der Waals surface area contributed by atoms with Gasteiger partial charge in [0.05, 0.1) is 0 Å². The molecule has 102 valence electrons. The molecule has 2 aromatic heterocycles. The fourth-order valence-corrected chi connectivity index (χ4v) is 2.27. The molecule has 1 N–H and O–H groups in total. The molecule has 5 nitrogen and oxygen atoms in total. The van der Waals surface area contributed by atoms with E-state index in [2.05, 4.69) is 39.4 Å². The highest BCUT2D eigenvalue weighted by Gasteiger charge is 2.09. The molecule has 0 unspecified atom stereocenters. The molecule has 0 fully saturated rings. The average Bonchev–Trinajstić information content (AvgIpc) is 2.84. The first kappa shape index (κ1) is 12.9. The van der Waals surface area contributed by atoms with Crippen LogP contribution in [-0.4, -0.2) is 25.8 Å². The third-order valence-corrected chi connectivity index (χ3v) is 3.47. The second-order valence-corrected chi connectivity index (χ2v) is 5.36. The number of anilines is 2. The van der Waals surface area contributed by atoms with E-state index in [1.807, 2.05) is 31.4 Å². The van der Waals surface area contributed by atoms with Crippen molar-refractivity contribution < 1.29 is 0 Å². The van der Waals surface area contributed by atoms with Crippen molar-refractivity contribution in [1.29, 1.82) is 0 Å². The molecule has 2 heterocycles. The van der Waals surface area contributed by atoms with E-state index < -0.39 is 0 Å². The van der Waals surface area contributed by atoms with Crippen LogP contribution in [0, 0.1) is 13.8 Å². The normalized spacial score (nSPS) is 10.9. The van der Waals surface area contributed by atoms with Crippen molar-refractivity contribution >= 4 is 29.0 Å². The SMILES string of the molecule is CSc1nc2nc(C)cc(Nc3ccc(C)cc3)n2n1. The van der Waals surface area contributed by atoms with Crippen LogP contribution in [-0.2, 0) is 0 Å². The Bertz CT molecular complexity index is 748. The lowest BCUT2D eigenvalue weighted by molar-refractivity contribution is 0.884. The molecular formula is C14H15N5S. The van der Waals surface area contributed by atoms with Crippen molar-refractivity contribution in [2.24, 2.45) is 0 Å². The summed E-state index contributed by atoms with van der Waals surface area (Å²) in [6.45, 7) is 4.02. The average molecular weight is 285 g/mol. The Balaban J connectivity index is 2.05. The van der Waals surface area contributed by atoms with Crippen molar-refractivity contribution in [2.75, 3.05) is 11.6 Å². The van der Waals surface area contributed by atoms with Crippen LogP contribution in [0.15, 0.2) is 35.5 Å². The summed E-state index contributed by atoms with van der Waals surface area (Å²) in [5.74, 6) is 1.48. The number of fused-ring (bicyclic) bond motifs is 1. The molecular weight excluding hydrogens is 270 g/mol. The van der Waals surface area contributed by atoms with Gasteiger partial charge in [-0.2, -0.15) is 9.50 Å². The summed E-state index contributed by atoms with van der Waals surface area (Å²) < 4.78 is 1.73. The van der Waals surface area contributed by atoms with Gasteiger partial charge >= 0.3 is 0 Å². The van der Waals surface area contributed by atoms with Gasteiger partial charge < -0.3 is 5.32 Å². The molecule has 0 bridgehead atoms. The van der Waals surface area contributed by atoms with Crippen LogP contribution in [0.3, 0.4) is 0 Å². The molecule has 0 radical (unpaired) electrons. The minimum Gasteiger partial charge on any atom is -0.340 e. The minimum absolute atomic E-state index is 0.615. The zero-order valence-electron chi connectivity index (χ0n) is 11.6. The quantitative estimate of drug-likeness (QED) is 0.749. The zero-order chi connectivity index (χ0) is 14.1. The van der Waals surface area contributed by atoms with Crippen LogP contribution in [0.1, 0.15) is 11.3 Å². The Morgan fingerprint density at radius 3 is 2.55 bits per heavy atom. The van der Waals surface area contributed by atoms with Crippen LogP contribution in [0.2, 0.25) is 0 Å². The lowest BCUT2D eigenvalue weighted by atomic mass is 10.2. The van der Waals surface area contributed by atoms with Gasteiger partial charge in [-0.05, 0) is 32.2 Å². The molecule has 0 aliphatic heterocycles. The largest absolute Gasteiger partial charge is 0.340 e. The highest BCUT2D eigenvalue weighted by atomic mass is 32.2. The van der Waals surface area contributed by atoms with Crippen molar-refractivity contribution in [1.82, 2.24) is 19.6 Å². The van der Waals surface area contributed by atoms with Gasteiger partial charge in [-0.15, -0.1) is 5.10 Å². The topological polar surface area (TPSA) is 55.1 Å². The van der Waals surface area contributed by atoms with E-state index >= 15 is 0 Å². The molecule has 6 heteroatoms. The van der Waals surface area contributed by atoms with Gasteiger partial charge in [0, 0.05) is 17.4 Å². The highest BCUT2D eigenvalue weighted by molar-refractivity contribution is 7.98. The fourth-order valence-electron chi connectivity index (χ4n) is 1.93. The first-order chi connectivity index (χ1) is 9.65. The Morgan fingerprint density at radius 2 is 1.85 bits per heavy atom. The van der Waals surface area contributed by atoms with Gasteiger partial charge in [0.2, 0.25) is 5.16 Å². The maximum Gasteiger partial charge on any atom is 0.255 e. The number of nitrogens with one attached hydrogen (secondary N) is 1. The second-order valence-electron chi connectivity index (χ2n) is 4.58. The van der Waals surface area contributed by atoms with E-state index in [0.29, 0.717) is 5.78 Å². The third-order valence-electron chi connectivity index (χ3n) is 2.93. The van der Waals surface area contributed by atoms with E-state index in [0.717, 1.165) is 22.4 Å². The third kappa shape index (κ3) is 2.46. The van der Waals surface area contributed by atoms with E-state index in [1.54, 1.807) is 4.52 Å². The first-order valence-corrected chi connectivity index (χ1v) is 7.50. The number of thioether (sulfide) groups is 1. The Kier molecular flexibility index (Phi) is 3.31. The predicted molar refractivity (Wildman–Crippen MR) is 81.8 cm³/mol. The smallest absolute Gasteiger partial charge is 0.255 e. The monoisotopic (exact) mass is 285 g/mol. The van der Waals surface area contributed by atoms with Gasteiger partial charge in [0.25, 0.3) is 5.78 Å². The number of aromatic nitrogens is 4. The van der Waals surface area contributed by atoms with Crippen molar-refractivity contribution in [2.45, 2.75) is 19.0 Å². The van der Waals surface area contributed by atoms with Gasteiger partial charge in [0.15, 0.2) is 0 Å². The summed E-state index contributed by atoms with van der Waals surface area (Å²) in [4.78, 5) is 8.77. The highest BCUT2D eigenvalue weighted by Crippen LogP contribution is 2.20. The summed E-state index contributed by atoms with van der Waals surface area (Å²) in [6, 6.07) is 10.2. The van der Waals surface area contributed by atoms with Crippen LogP contribution in [0.4, 0.5) is 11.5 Å². The van der Waals surface area contributed by atoms with Gasteiger partial charge in [0.1, 0.15) is 5.82 Å². The molecule has 0 amide bonds. The molecule has 0 saturated heterocycles. The molecule has 0 saturated carbocycles. The Hall–Kier alpha value is -2.08. The molecule has 3 rings (SSSR count). The molecule has 3 aromatic rings. The van der Waals surface area contributed by atoms with E-state index in [1.165, 1.54) is 17.3 Å². The van der Waals surface area contributed by atoms with E-state index in [-0.39, 0.29) is 0 Å². The molecule has 0 aliphatic carbocycles. The molecule has 0 atom stereocenters. The van der Waals surface area contributed by atoms with Crippen LogP contribution in [0.25, 0.3) is 5.78 Å². The van der Waals surface area contributed by atoms with Crippen LogP contribution < -0.4 is 5.32 Å². The van der Waals surface area contributed by atoms with Gasteiger partial charge in [-0.25, -0.2) is 4.98 Å². The minimum atomic E-state index is 0.615. The van der Waals surface area contributed by atoms with Crippen molar-refractivity contribution in [3.8, 4) is 0 Å². The molecule has 20 heavy (non-hydrogen) atoms. The lowest BCUT2D eigenvalue weighted by Crippen LogP contribution is -2.02. The Morgan fingerprint density at radius 1 is 1.10 bits per heavy atom. The standard InChI is InChI=1S/C14H15N5S/c1-9-4-6-11(7-5-9)16-12-8-10(2)15-13-17-14(20-3)18-19(12)13/h4-8,16H,1-3H3. The summed E-state index contributed by atoms with van der Waals surface area (Å²) >= 11 is 1.51. The summed E-state index contributed by atoms with van der Waals surface area (Å²) in [5, 5.41) is 8.51. The number of hydrogen-bond donors (Lipinski definition) is 1. The maximum atomic E-state index is 4.43. The zero-order valence-corrected chi connectivity index (χ0v) is 12.4. The van der Waals surface area contributed by atoms with Gasteiger partial charge in [-0.1, -0.05) is 29.5 Å². The number of nitrogens with zero attached hydrogens (tertiary/aromatic N) is 4. The predicted octanol–water partition coefficient (Wildman–Crippen LogP) is 3.21. The first-order valence-electron chi connectivity index (χ1n) is 6.28. The fraction of sp³-hybridized carbons (Fsp3) is 0.214. The summed E-state index contributed by atoms with van der Waals surface area (Å²) in [5.41, 5.74) is 3.16. The number of benzene rings is 1. The van der Waals surface area contributed by atoms with Gasteiger partial charge in [-0.3, -0.25) is 0 Å². The molecule has 1 aromatic carbocycles. The maximum absolute atomic E-state index is 4.43. The Labute approximate surface area is 121 Å². The lowest BCUT2D eigenvalue weighted by Gasteiger charge is -2.08. The van der Waals surface area contributed by atoms with Crippen LogP contribution in [0.5, 0.6) is 0 Å². The number of aryl methyl sites for hydroxylation is 2. The second kappa shape index (κ2) is 5.13. The number of hydrogen-bond acceptors (Lipinski definition) is 5. The van der Waals surface area contributed by atoms with E-state index in [9.17, 15) is 0 Å². The summed E-state index contributed by atoms with van der Waals surface area (Å²) in [7, 11) is 0. The van der Waals surface area contributed by atoms with Crippen molar-refractivity contribution in [3.63, 3.8) is 0 Å². The number of rotatable bonds is 3. The molecule has 0 spiro atoms. The van der Waals surface area contributed by atoms with E-state index in [4.69, 9.17) is 0 Å². The summed E-state index contributed by atoms with van der Waals surface area (Å²) in [6.07, 6.45) is 1.95.